The number of para-hydroxylation sites is 1. The molecular formula is C41H31N5. The van der Waals surface area contributed by atoms with E-state index in [0.717, 1.165) is 62.1 Å². The summed E-state index contributed by atoms with van der Waals surface area (Å²) < 4.78 is 2.11. The van der Waals surface area contributed by atoms with Crippen molar-refractivity contribution < 1.29 is 0 Å². The van der Waals surface area contributed by atoms with Crippen molar-refractivity contribution in [2.24, 2.45) is 0 Å². The second kappa shape index (κ2) is 11.1. The minimum absolute atomic E-state index is 0.737. The van der Waals surface area contributed by atoms with Crippen molar-refractivity contribution in [1.82, 2.24) is 19.5 Å². The van der Waals surface area contributed by atoms with Gasteiger partial charge in [0.2, 0.25) is 0 Å². The van der Waals surface area contributed by atoms with Gasteiger partial charge in [-0.25, -0.2) is 15.0 Å². The Morgan fingerprint density at radius 1 is 0.522 bits per heavy atom. The van der Waals surface area contributed by atoms with Gasteiger partial charge in [-0.3, -0.25) is 4.57 Å². The Kier molecular flexibility index (Phi) is 6.65. The van der Waals surface area contributed by atoms with E-state index in [1.54, 1.807) is 0 Å². The third-order valence-electron chi connectivity index (χ3n) is 8.72. The van der Waals surface area contributed by atoms with Gasteiger partial charge in [-0.2, -0.15) is 0 Å². The first kappa shape index (κ1) is 27.5. The molecule has 0 radical (unpaired) electrons. The third kappa shape index (κ3) is 4.44. The molecule has 0 saturated carbocycles. The molecule has 8 aromatic rings. The molecule has 0 aliphatic rings. The maximum absolute atomic E-state index is 6.60. The zero-order valence-electron chi connectivity index (χ0n) is 25.6. The van der Waals surface area contributed by atoms with Crippen LogP contribution in [0.5, 0.6) is 0 Å². The number of aryl methyl sites for hydroxylation is 1. The topological polar surface area (TPSA) is 69.6 Å². The molecule has 220 valence electrons. The van der Waals surface area contributed by atoms with Gasteiger partial charge in [0.1, 0.15) is 5.82 Å². The van der Waals surface area contributed by atoms with Crippen molar-refractivity contribution in [3.8, 4) is 39.9 Å². The molecule has 0 aliphatic carbocycles. The fraction of sp³-hybridized carbons (Fsp3) is 0.0488. The number of benzene rings is 4. The Balaban J connectivity index is 1.24. The van der Waals surface area contributed by atoms with Gasteiger partial charge >= 0.3 is 0 Å². The Labute approximate surface area is 267 Å². The molecule has 0 bridgehead atoms. The number of hydrogen-bond donors (Lipinski definition) is 1. The maximum Gasteiger partial charge on any atom is 0.138 e. The highest BCUT2D eigenvalue weighted by molar-refractivity contribution is 6.14. The number of anilines is 1. The van der Waals surface area contributed by atoms with E-state index in [0.29, 0.717) is 0 Å². The quantitative estimate of drug-likeness (QED) is 0.202. The van der Waals surface area contributed by atoms with E-state index in [4.69, 9.17) is 20.7 Å². The Morgan fingerprint density at radius 3 is 1.61 bits per heavy atom. The maximum atomic E-state index is 6.60. The number of aromatic nitrogens is 4. The summed E-state index contributed by atoms with van der Waals surface area (Å²) in [7, 11) is 0. The van der Waals surface area contributed by atoms with Gasteiger partial charge in [0.05, 0.1) is 45.4 Å². The molecule has 0 unspecified atom stereocenters. The highest BCUT2D eigenvalue weighted by atomic mass is 15.1. The molecule has 4 aromatic carbocycles. The fourth-order valence-corrected chi connectivity index (χ4v) is 6.60. The SMILES string of the molecule is C/C=C\c1c(N)c2ccccc2n1-c1cccc(-c2cccc(-c3cccc(-c4c5ccccc5c(C)c5ccccc45)n3)n2)n1. The van der Waals surface area contributed by atoms with E-state index in [1.165, 1.54) is 27.1 Å². The van der Waals surface area contributed by atoms with E-state index >= 15 is 0 Å². The standard InChI is InChI=1S/C41H31N5/c1-3-13-38-41(42)31-18-8-9-24-37(31)46(38)39-25-12-22-35(45-39)34-20-10-19-32(43-34)33-21-11-23-36(44-33)40-29-16-6-4-14-27(29)26(2)28-15-5-7-17-30(28)40/h3-25H,42H2,1-2H3/b13-3-. The monoisotopic (exact) mass is 593 g/mol. The summed E-state index contributed by atoms with van der Waals surface area (Å²) in [5.41, 5.74) is 15.7. The predicted molar refractivity (Wildman–Crippen MR) is 192 cm³/mol. The summed E-state index contributed by atoms with van der Waals surface area (Å²) in [6.07, 6.45) is 4.03. The van der Waals surface area contributed by atoms with Crippen LogP contribution in [0.25, 0.3) is 78.4 Å². The Morgan fingerprint density at radius 2 is 1.00 bits per heavy atom. The smallest absolute Gasteiger partial charge is 0.138 e. The largest absolute Gasteiger partial charge is 0.396 e. The molecule has 0 atom stereocenters. The van der Waals surface area contributed by atoms with E-state index in [9.17, 15) is 0 Å². The van der Waals surface area contributed by atoms with Gasteiger partial charge in [0.15, 0.2) is 0 Å². The summed E-state index contributed by atoms with van der Waals surface area (Å²) in [6.45, 7) is 4.19. The molecule has 46 heavy (non-hydrogen) atoms. The van der Waals surface area contributed by atoms with Crippen LogP contribution in [0.3, 0.4) is 0 Å². The van der Waals surface area contributed by atoms with Crippen molar-refractivity contribution in [3.05, 3.63) is 145 Å². The molecule has 4 heterocycles. The number of nitrogens with zero attached hydrogens (tertiary/aromatic N) is 4. The second-order valence-electron chi connectivity index (χ2n) is 11.4. The summed E-state index contributed by atoms with van der Waals surface area (Å²) >= 11 is 0. The highest BCUT2D eigenvalue weighted by Crippen LogP contribution is 2.39. The molecule has 5 heteroatoms. The number of fused-ring (bicyclic) bond motifs is 3. The normalized spacial score (nSPS) is 11.7. The number of allylic oxidation sites excluding steroid dienone is 1. The summed E-state index contributed by atoms with van der Waals surface area (Å²) in [5, 5.41) is 5.87. The Hall–Kier alpha value is -6.07. The van der Waals surface area contributed by atoms with Gasteiger partial charge in [-0.05, 0) is 89.5 Å². The van der Waals surface area contributed by atoms with Crippen molar-refractivity contribution in [3.63, 3.8) is 0 Å². The Bertz CT molecular complexity index is 2410. The molecule has 5 nitrogen and oxygen atoms in total. The molecule has 8 rings (SSSR count). The summed E-state index contributed by atoms with van der Waals surface area (Å²) in [5.74, 6) is 0.781. The molecule has 2 N–H and O–H groups in total. The zero-order chi connectivity index (χ0) is 31.2. The van der Waals surface area contributed by atoms with Gasteiger partial charge in [0.25, 0.3) is 0 Å². The van der Waals surface area contributed by atoms with Crippen molar-refractivity contribution >= 4 is 44.2 Å². The van der Waals surface area contributed by atoms with Crippen LogP contribution in [0.1, 0.15) is 18.2 Å². The first-order valence-corrected chi connectivity index (χ1v) is 15.5. The summed E-state index contributed by atoms with van der Waals surface area (Å²) in [6, 6.07) is 43.6. The van der Waals surface area contributed by atoms with Crippen LogP contribution < -0.4 is 5.73 Å². The number of rotatable bonds is 5. The molecule has 0 fully saturated rings. The minimum Gasteiger partial charge on any atom is -0.396 e. The number of nitrogens with two attached hydrogens (primary N) is 1. The number of hydrogen-bond acceptors (Lipinski definition) is 4. The van der Waals surface area contributed by atoms with E-state index < -0.39 is 0 Å². The minimum atomic E-state index is 0.737. The van der Waals surface area contributed by atoms with E-state index in [1.807, 2.05) is 79.7 Å². The van der Waals surface area contributed by atoms with Crippen LogP contribution in [0.15, 0.2) is 133 Å². The average Bonchev–Trinajstić information content (AvgIpc) is 3.39. The summed E-state index contributed by atoms with van der Waals surface area (Å²) in [4.78, 5) is 15.4. The van der Waals surface area contributed by atoms with Crippen LogP contribution in [0, 0.1) is 6.92 Å². The van der Waals surface area contributed by atoms with E-state index in [2.05, 4.69) is 78.2 Å². The fourth-order valence-electron chi connectivity index (χ4n) is 6.60. The molecule has 0 aliphatic heterocycles. The van der Waals surface area contributed by atoms with Crippen LogP contribution in [0.4, 0.5) is 5.69 Å². The number of nitrogen functional groups attached to an aromatic ring is 1. The molecule has 0 saturated heterocycles. The van der Waals surface area contributed by atoms with Crippen molar-refractivity contribution in [1.29, 1.82) is 0 Å². The average molecular weight is 594 g/mol. The van der Waals surface area contributed by atoms with Crippen LogP contribution in [0.2, 0.25) is 0 Å². The lowest BCUT2D eigenvalue weighted by molar-refractivity contribution is 1.03. The van der Waals surface area contributed by atoms with E-state index in [-0.39, 0.29) is 0 Å². The predicted octanol–water partition coefficient (Wildman–Crippen LogP) is 10.0. The van der Waals surface area contributed by atoms with Crippen LogP contribution >= 0.6 is 0 Å². The van der Waals surface area contributed by atoms with Gasteiger partial charge in [0, 0.05) is 10.9 Å². The zero-order valence-corrected chi connectivity index (χ0v) is 25.6. The number of pyridine rings is 3. The molecule has 0 amide bonds. The first-order chi connectivity index (χ1) is 22.6. The molecular weight excluding hydrogens is 562 g/mol. The molecule has 4 aromatic heterocycles. The lowest BCUT2D eigenvalue weighted by Gasteiger charge is -2.15. The van der Waals surface area contributed by atoms with Crippen LogP contribution in [-0.2, 0) is 0 Å². The van der Waals surface area contributed by atoms with Crippen LogP contribution in [-0.4, -0.2) is 19.5 Å². The highest BCUT2D eigenvalue weighted by Gasteiger charge is 2.17. The molecule has 0 spiro atoms. The lowest BCUT2D eigenvalue weighted by atomic mass is 9.90. The lowest BCUT2D eigenvalue weighted by Crippen LogP contribution is -2.02. The van der Waals surface area contributed by atoms with Crippen molar-refractivity contribution in [2.75, 3.05) is 5.73 Å². The van der Waals surface area contributed by atoms with Gasteiger partial charge < -0.3 is 5.73 Å². The second-order valence-corrected chi connectivity index (χ2v) is 11.4. The van der Waals surface area contributed by atoms with Gasteiger partial charge in [-0.1, -0.05) is 91.0 Å². The first-order valence-electron chi connectivity index (χ1n) is 15.5. The van der Waals surface area contributed by atoms with Crippen molar-refractivity contribution in [2.45, 2.75) is 13.8 Å². The van der Waals surface area contributed by atoms with Gasteiger partial charge in [-0.15, -0.1) is 0 Å². The third-order valence-corrected chi connectivity index (χ3v) is 8.72.